The maximum Gasteiger partial charge on any atom is 0.159 e. The second-order valence-electron chi connectivity index (χ2n) is 5.09. The fraction of sp³-hybridized carbons (Fsp3) is 0.375. The average Bonchev–Trinajstić information content (AvgIpc) is 2.45. The Labute approximate surface area is 120 Å². The van der Waals surface area contributed by atoms with Crippen molar-refractivity contribution in [3.8, 4) is 17.1 Å². The molecular weight excluding hydrogens is 250 g/mol. The highest BCUT2D eigenvalue weighted by Gasteiger charge is 2.06. The Kier molecular flexibility index (Phi) is 4.69. The van der Waals surface area contributed by atoms with Gasteiger partial charge in [-0.3, -0.25) is 0 Å². The molecule has 2 aromatic rings. The number of hydrogen-bond acceptors (Lipinski definition) is 4. The van der Waals surface area contributed by atoms with Crippen molar-refractivity contribution in [3.05, 3.63) is 41.7 Å². The third-order valence-electron chi connectivity index (χ3n) is 3.06. The molecule has 0 saturated heterocycles. The maximum absolute atomic E-state index is 5.27. The lowest BCUT2D eigenvalue weighted by molar-refractivity contribution is 0.412. The molecule has 1 heterocycles. The molecular formula is C16H21N3O. The fourth-order valence-corrected chi connectivity index (χ4v) is 1.96. The van der Waals surface area contributed by atoms with Gasteiger partial charge in [-0.05, 0) is 36.8 Å². The van der Waals surface area contributed by atoms with Gasteiger partial charge in [0, 0.05) is 24.3 Å². The molecule has 0 aliphatic rings. The molecule has 106 valence electrons. The van der Waals surface area contributed by atoms with E-state index < -0.39 is 0 Å². The zero-order valence-corrected chi connectivity index (χ0v) is 12.5. The average molecular weight is 271 g/mol. The van der Waals surface area contributed by atoms with Crippen LogP contribution >= 0.6 is 0 Å². The SMILES string of the molecule is COc1ccc(-c2nccc(CNC(C)C)n2)cc1C. The van der Waals surface area contributed by atoms with Crippen LogP contribution in [0.2, 0.25) is 0 Å². The molecule has 0 aliphatic heterocycles. The van der Waals surface area contributed by atoms with Crippen molar-refractivity contribution in [1.29, 1.82) is 0 Å². The minimum absolute atomic E-state index is 0.441. The Bertz CT molecular complexity index is 582. The normalized spacial score (nSPS) is 10.8. The largest absolute Gasteiger partial charge is 0.496 e. The van der Waals surface area contributed by atoms with Crippen molar-refractivity contribution in [2.24, 2.45) is 0 Å². The number of ether oxygens (including phenoxy) is 1. The molecule has 1 aromatic carbocycles. The summed E-state index contributed by atoms with van der Waals surface area (Å²) in [5.41, 5.74) is 3.09. The van der Waals surface area contributed by atoms with E-state index in [1.54, 1.807) is 13.3 Å². The summed E-state index contributed by atoms with van der Waals surface area (Å²) < 4.78 is 5.27. The Hall–Kier alpha value is -1.94. The molecule has 1 N–H and O–H groups in total. The minimum Gasteiger partial charge on any atom is -0.496 e. The molecule has 0 radical (unpaired) electrons. The van der Waals surface area contributed by atoms with Crippen LogP contribution in [0.5, 0.6) is 5.75 Å². The number of benzene rings is 1. The zero-order chi connectivity index (χ0) is 14.5. The number of nitrogens with one attached hydrogen (secondary N) is 1. The van der Waals surface area contributed by atoms with E-state index in [4.69, 9.17) is 4.74 Å². The quantitative estimate of drug-likeness (QED) is 0.908. The van der Waals surface area contributed by atoms with Gasteiger partial charge < -0.3 is 10.1 Å². The van der Waals surface area contributed by atoms with Gasteiger partial charge in [-0.15, -0.1) is 0 Å². The lowest BCUT2D eigenvalue weighted by Crippen LogP contribution is -2.22. The van der Waals surface area contributed by atoms with E-state index in [0.29, 0.717) is 6.04 Å². The van der Waals surface area contributed by atoms with Crippen LogP contribution in [0.1, 0.15) is 25.1 Å². The summed E-state index contributed by atoms with van der Waals surface area (Å²) in [6.45, 7) is 7.01. The van der Waals surface area contributed by atoms with E-state index in [9.17, 15) is 0 Å². The molecule has 0 fully saturated rings. The van der Waals surface area contributed by atoms with E-state index in [1.165, 1.54) is 0 Å². The first-order valence-corrected chi connectivity index (χ1v) is 6.80. The molecule has 0 atom stereocenters. The van der Waals surface area contributed by atoms with Gasteiger partial charge in [0.2, 0.25) is 0 Å². The van der Waals surface area contributed by atoms with Crippen molar-refractivity contribution < 1.29 is 4.74 Å². The third kappa shape index (κ3) is 3.54. The lowest BCUT2D eigenvalue weighted by Gasteiger charge is -2.09. The third-order valence-corrected chi connectivity index (χ3v) is 3.06. The van der Waals surface area contributed by atoms with Gasteiger partial charge >= 0.3 is 0 Å². The van der Waals surface area contributed by atoms with Crippen LogP contribution in [-0.4, -0.2) is 23.1 Å². The molecule has 4 nitrogen and oxygen atoms in total. The van der Waals surface area contributed by atoms with E-state index in [0.717, 1.165) is 34.9 Å². The highest BCUT2D eigenvalue weighted by Crippen LogP contribution is 2.23. The monoisotopic (exact) mass is 271 g/mol. The van der Waals surface area contributed by atoms with E-state index in [2.05, 4.69) is 29.1 Å². The Morgan fingerprint density at radius 2 is 2.05 bits per heavy atom. The summed E-state index contributed by atoms with van der Waals surface area (Å²) in [6, 6.07) is 8.37. The summed E-state index contributed by atoms with van der Waals surface area (Å²) >= 11 is 0. The van der Waals surface area contributed by atoms with Crippen molar-refractivity contribution in [1.82, 2.24) is 15.3 Å². The van der Waals surface area contributed by atoms with Crippen molar-refractivity contribution in [2.45, 2.75) is 33.4 Å². The van der Waals surface area contributed by atoms with Crippen molar-refractivity contribution in [3.63, 3.8) is 0 Å². The van der Waals surface area contributed by atoms with Gasteiger partial charge in [-0.25, -0.2) is 9.97 Å². The van der Waals surface area contributed by atoms with Crippen LogP contribution in [0.15, 0.2) is 30.5 Å². The highest BCUT2D eigenvalue weighted by molar-refractivity contribution is 5.58. The van der Waals surface area contributed by atoms with Gasteiger partial charge in [0.1, 0.15) is 5.75 Å². The highest BCUT2D eigenvalue weighted by atomic mass is 16.5. The first-order chi connectivity index (χ1) is 9.60. The number of nitrogens with zero attached hydrogens (tertiary/aromatic N) is 2. The number of rotatable bonds is 5. The van der Waals surface area contributed by atoms with E-state index in [1.807, 2.05) is 31.2 Å². The molecule has 0 spiro atoms. The van der Waals surface area contributed by atoms with Gasteiger partial charge in [0.05, 0.1) is 12.8 Å². The van der Waals surface area contributed by atoms with Crippen molar-refractivity contribution >= 4 is 0 Å². The smallest absolute Gasteiger partial charge is 0.159 e. The molecule has 1 aromatic heterocycles. The van der Waals surface area contributed by atoms with Crippen LogP contribution in [0.3, 0.4) is 0 Å². The van der Waals surface area contributed by atoms with E-state index in [-0.39, 0.29) is 0 Å². The predicted molar refractivity (Wildman–Crippen MR) is 80.7 cm³/mol. The molecule has 0 bridgehead atoms. The van der Waals surface area contributed by atoms with Crippen LogP contribution in [0.4, 0.5) is 0 Å². The van der Waals surface area contributed by atoms with Gasteiger partial charge in [-0.2, -0.15) is 0 Å². The lowest BCUT2D eigenvalue weighted by atomic mass is 10.1. The van der Waals surface area contributed by atoms with Gasteiger partial charge in [0.15, 0.2) is 5.82 Å². The second-order valence-corrected chi connectivity index (χ2v) is 5.09. The second kappa shape index (κ2) is 6.48. The first kappa shape index (κ1) is 14.5. The summed E-state index contributed by atoms with van der Waals surface area (Å²) in [5, 5.41) is 3.36. The topological polar surface area (TPSA) is 47.0 Å². The maximum atomic E-state index is 5.27. The summed E-state index contributed by atoms with van der Waals surface area (Å²) in [6.07, 6.45) is 1.80. The van der Waals surface area contributed by atoms with Crippen LogP contribution in [0.25, 0.3) is 11.4 Å². The summed E-state index contributed by atoms with van der Waals surface area (Å²) in [7, 11) is 1.68. The van der Waals surface area contributed by atoms with Gasteiger partial charge in [0.25, 0.3) is 0 Å². The van der Waals surface area contributed by atoms with Crippen molar-refractivity contribution in [2.75, 3.05) is 7.11 Å². The molecule has 4 heteroatoms. The van der Waals surface area contributed by atoms with Crippen LogP contribution in [-0.2, 0) is 6.54 Å². The standard InChI is InChI=1S/C16H21N3O/c1-11(2)18-10-14-7-8-17-16(19-14)13-5-6-15(20-4)12(3)9-13/h5-9,11,18H,10H2,1-4H3. The zero-order valence-electron chi connectivity index (χ0n) is 12.5. The van der Waals surface area contributed by atoms with Crippen LogP contribution in [0, 0.1) is 6.92 Å². The number of hydrogen-bond donors (Lipinski definition) is 1. The first-order valence-electron chi connectivity index (χ1n) is 6.80. The fourth-order valence-electron chi connectivity index (χ4n) is 1.96. The number of methoxy groups -OCH3 is 1. The van der Waals surface area contributed by atoms with Crippen LogP contribution < -0.4 is 10.1 Å². The number of aryl methyl sites for hydroxylation is 1. The summed E-state index contributed by atoms with van der Waals surface area (Å²) in [4.78, 5) is 8.95. The molecule has 0 saturated carbocycles. The molecule has 0 aliphatic carbocycles. The molecule has 0 amide bonds. The molecule has 2 rings (SSSR count). The Morgan fingerprint density at radius 1 is 1.25 bits per heavy atom. The van der Waals surface area contributed by atoms with E-state index >= 15 is 0 Å². The Morgan fingerprint density at radius 3 is 2.70 bits per heavy atom. The minimum atomic E-state index is 0.441. The summed E-state index contributed by atoms with van der Waals surface area (Å²) in [5.74, 6) is 1.63. The molecule has 20 heavy (non-hydrogen) atoms. The Balaban J connectivity index is 2.24. The predicted octanol–water partition coefficient (Wildman–Crippen LogP) is 2.96. The molecule has 0 unspecified atom stereocenters. The number of aromatic nitrogens is 2. The van der Waals surface area contributed by atoms with Gasteiger partial charge in [-0.1, -0.05) is 13.8 Å².